The van der Waals surface area contributed by atoms with Crippen LogP contribution in [0.2, 0.25) is 0 Å². The molecule has 100 valence electrons. The molecule has 1 N–H and O–H groups in total. The van der Waals surface area contributed by atoms with Crippen LogP contribution >= 0.6 is 23.1 Å². The lowest BCUT2D eigenvalue weighted by Crippen LogP contribution is -2.23. The van der Waals surface area contributed by atoms with Gasteiger partial charge in [0.25, 0.3) is 0 Å². The monoisotopic (exact) mass is 301 g/mol. The van der Waals surface area contributed by atoms with Gasteiger partial charge in [-0.3, -0.25) is 4.79 Å². The fourth-order valence-electron chi connectivity index (χ4n) is 1.25. The largest absolute Gasteiger partial charge is 0.323 e. The second-order valence-corrected chi connectivity index (χ2v) is 6.00. The molecule has 1 aromatic heterocycles. The lowest BCUT2D eigenvalue weighted by atomic mass is 10.3. The predicted octanol–water partition coefficient (Wildman–Crippen LogP) is 2.94. The number of halogens is 2. The molecule has 4 nitrogen and oxygen atoms in total. The summed E-state index contributed by atoms with van der Waals surface area (Å²) >= 11 is 2.51. The SMILES string of the molecule is CC(Sc1nncs1)C(=O)Nc1cc(F)ccc1F. The molecule has 19 heavy (non-hydrogen) atoms. The third kappa shape index (κ3) is 3.71. The molecule has 1 atom stereocenters. The zero-order valence-corrected chi connectivity index (χ0v) is 11.4. The highest BCUT2D eigenvalue weighted by molar-refractivity contribution is 8.02. The molecule has 1 amide bonds. The van der Waals surface area contributed by atoms with Crippen LogP contribution in [0.3, 0.4) is 0 Å². The fourth-order valence-corrected chi connectivity index (χ4v) is 2.87. The number of hydrogen-bond donors (Lipinski definition) is 1. The Bertz CT molecular complexity index is 577. The molecule has 1 aromatic carbocycles. The highest BCUT2D eigenvalue weighted by Gasteiger charge is 2.17. The number of aromatic nitrogens is 2. The number of anilines is 1. The van der Waals surface area contributed by atoms with Crippen molar-refractivity contribution in [1.82, 2.24) is 10.2 Å². The maximum atomic E-state index is 13.4. The summed E-state index contributed by atoms with van der Waals surface area (Å²) in [6.07, 6.45) is 0. The number of hydrogen-bond acceptors (Lipinski definition) is 5. The molecule has 0 fully saturated rings. The van der Waals surface area contributed by atoms with Crippen LogP contribution in [0.4, 0.5) is 14.5 Å². The molecule has 0 saturated carbocycles. The van der Waals surface area contributed by atoms with E-state index in [0.29, 0.717) is 4.34 Å². The third-order valence-electron chi connectivity index (χ3n) is 2.17. The van der Waals surface area contributed by atoms with E-state index < -0.39 is 22.8 Å². The Balaban J connectivity index is 2.02. The summed E-state index contributed by atoms with van der Waals surface area (Å²) in [5, 5.41) is 9.30. The van der Waals surface area contributed by atoms with Crippen molar-refractivity contribution < 1.29 is 13.6 Å². The number of thioether (sulfide) groups is 1. The van der Waals surface area contributed by atoms with E-state index in [1.54, 1.807) is 12.4 Å². The summed E-state index contributed by atoms with van der Waals surface area (Å²) in [7, 11) is 0. The average Bonchev–Trinajstić information content (AvgIpc) is 2.86. The van der Waals surface area contributed by atoms with Gasteiger partial charge in [-0.2, -0.15) is 0 Å². The lowest BCUT2D eigenvalue weighted by Gasteiger charge is -2.10. The van der Waals surface area contributed by atoms with Crippen LogP contribution in [-0.4, -0.2) is 21.4 Å². The van der Waals surface area contributed by atoms with Crippen molar-refractivity contribution in [3.63, 3.8) is 0 Å². The number of carbonyl (C=O) groups excluding carboxylic acids is 1. The number of amides is 1. The number of nitrogens with one attached hydrogen (secondary N) is 1. The second kappa shape index (κ2) is 6.07. The highest BCUT2D eigenvalue weighted by Crippen LogP contribution is 2.25. The summed E-state index contributed by atoms with van der Waals surface area (Å²) in [6.45, 7) is 1.65. The van der Waals surface area contributed by atoms with Crippen LogP contribution in [0.25, 0.3) is 0 Å². The second-order valence-electron chi connectivity index (χ2n) is 3.58. The van der Waals surface area contributed by atoms with E-state index in [1.165, 1.54) is 23.1 Å². The van der Waals surface area contributed by atoms with Crippen molar-refractivity contribution in [1.29, 1.82) is 0 Å². The smallest absolute Gasteiger partial charge is 0.237 e. The molecular formula is C11H9F2N3OS2. The van der Waals surface area contributed by atoms with Gasteiger partial charge in [0.15, 0.2) is 4.34 Å². The molecule has 0 aliphatic carbocycles. The van der Waals surface area contributed by atoms with Gasteiger partial charge in [-0.05, 0) is 19.1 Å². The van der Waals surface area contributed by atoms with Gasteiger partial charge in [0, 0.05) is 6.07 Å². The summed E-state index contributed by atoms with van der Waals surface area (Å²) in [5.74, 6) is -1.71. The zero-order valence-electron chi connectivity index (χ0n) is 9.76. The van der Waals surface area contributed by atoms with E-state index in [9.17, 15) is 13.6 Å². The van der Waals surface area contributed by atoms with Gasteiger partial charge < -0.3 is 5.32 Å². The molecule has 1 unspecified atom stereocenters. The normalized spacial score (nSPS) is 12.2. The van der Waals surface area contributed by atoms with Crippen LogP contribution < -0.4 is 5.32 Å². The Hall–Kier alpha value is -1.54. The topological polar surface area (TPSA) is 54.9 Å². The Labute approximate surface area is 116 Å². The van der Waals surface area contributed by atoms with Gasteiger partial charge in [0.2, 0.25) is 5.91 Å². The molecule has 1 heterocycles. The first kappa shape index (κ1) is 13.9. The number of benzene rings is 1. The molecule has 0 aliphatic heterocycles. The fraction of sp³-hybridized carbons (Fsp3) is 0.182. The minimum atomic E-state index is -0.678. The van der Waals surface area contributed by atoms with Crippen molar-refractivity contribution in [3.05, 3.63) is 35.3 Å². The van der Waals surface area contributed by atoms with Crippen LogP contribution in [0.5, 0.6) is 0 Å². The van der Waals surface area contributed by atoms with E-state index in [2.05, 4.69) is 15.5 Å². The molecule has 0 spiro atoms. The molecule has 0 bridgehead atoms. The Morgan fingerprint density at radius 2 is 2.26 bits per heavy atom. The van der Waals surface area contributed by atoms with Gasteiger partial charge in [-0.1, -0.05) is 23.1 Å². The number of carbonyl (C=O) groups is 1. The van der Waals surface area contributed by atoms with Crippen molar-refractivity contribution in [2.45, 2.75) is 16.5 Å². The minimum absolute atomic E-state index is 0.172. The van der Waals surface area contributed by atoms with E-state index >= 15 is 0 Å². The van der Waals surface area contributed by atoms with Crippen LogP contribution in [0.15, 0.2) is 28.0 Å². The van der Waals surface area contributed by atoms with E-state index in [4.69, 9.17) is 0 Å². The molecule has 2 aromatic rings. The summed E-state index contributed by atoms with van der Waals surface area (Å²) in [5.41, 5.74) is 1.38. The zero-order chi connectivity index (χ0) is 13.8. The van der Waals surface area contributed by atoms with E-state index in [-0.39, 0.29) is 5.69 Å². The average molecular weight is 301 g/mol. The van der Waals surface area contributed by atoms with Crippen molar-refractivity contribution in [3.8, 4) is 0 Å². The standard InChI is InChI=1S/C11H9F2N3OS2/c1-6(19-11-16-14-5-18-11)10(17)15-9-4-7(12)2-3-8(9)13/h2-6H,1H3,(H,15,17). The van der Waals surface area contributed by atoms with Crippen LogP contribution in [0, 0.1) is 11.6 Å². The first-order valence-electron chi connectivity index (χ1n) is 5.25. The summed E-state index contributed by atoms with van der Waals surface area (Å²) in [6, 6.07) is 2.90. The first-order valence-corrected chi connectivity index (χ1v) is 7.01. The molecule has 0 aliphatic rings. The lowest BCUT2D eigenvalue weighted by molar-refractivity contribution is -0.115. The van der Waals surface area contributed by atoms with Gasteiger partial charge in [-0.15, -0.1) is 10.2 Å². The van der Waals surface area contributed by atoms with Gasteiger partial charge in [0.1, 0.15) is 17.1 Å². The van der Waals surface area contributed by atoms with Crippen molar-refractivity contribution in [2.75, 3.05) is 5.32 Å². The number of nitrogens with zero attached hydrogens (tertiary/aromatic N) is 2. The van der Waals surface area contributed by atoms with Crippen molar-refractivity contribution in [2.24, 2.45) is 0 Å². The van der Waals surface area contributed by atoms with E-state index in [1.807, 2.05) is 0 Å². The highest BCUT2D eigenvalue weighted by atomic mass is 32.2. The van der Waals surface area contributed by atoms with Gasteiger partial charge in [-0.25, -0.2) is 8.78 Å². The first-order chi connectivity index (χ1) is 9.06. The Kier molecular flexibility index (Phi) is 4.43. The summed E-state index contributed by atoms with van der Waals surface area (Å²) < 4.78 is 27.0. The predicted molar refractivity (Wildman–Crippen MR) is 70.2 cm³/mol. The summed E-state index contributed by atoms with van der Waals surface area (Å²) in [4.78, 5) is 11.8. The van der Waals surface area contributed by atoms with Crippen LogP contribution in [0.1, 0.15) is 6.92 Å². The van der Waals surface area contributed by atoms with E-state index in [0.717, 1.165) is 18.2 Å². The molecule has 0 saturated heterocycles. The quantitative estimate of drug-likeness (QED) is 0.882. The third-order valence-corrected chi connectivity index (χ3v) is 4.08. The maximum Gasteiger partial charge on any atom is 0.237 e. The molecule has 8 heteroatoms. The molecule has 2 rings (SSSR count). The van der Waals surface area contributed by atoms with Crippen molar-refractivity contribution >= 4 is 34.7 Å². The molecule has 0 radical (unpaired) electrons. The van der Waals surface area contributed by atoms with Gasteiger partial charge in [0.05, 0.1) is 10.9 Å². The van der Waals surface area contributed by atoms with Crippen LogP contribution in [-0.2, 0) is 4.79 Å². The molecular weight excluding hydrogens is 292 g/mol. The Morgan fingerprint density at radius 3 is 2.95 bits per heavy atom. The van der Waals surface area contributed by atoms with Gasteiger partial charge >= 0.3 is 0 Å². The maximum absolute atomic E-state index is 13.4. The minimum Gasteiger partial charge on any atom is -0.323 e. The Morgan fingerprint density at radius 1 is 1.47 bits per heavy atom. The number of rotatable bonds is 4.